The second kappa shape index (κ2) is 9.22. The maximum atomic E-state index is 13.4. The van der Waals surface area contributed by atoms with Crippen LogP contribution in [0.4, 0.5) is 0 Å². The molecule has 1 aliphatic carbocycles. The van der Waals surface area contributed by atoms with Crippen molar-refractivity contribution in [3.63, 3.8) is 0 Å². The Morgan fingerprint density at radius 1 is 1.09 bits per heavy atom. The van der Waals surface area contributed by atoms with Gasteiger partial charge in [0, 0.05) is 48.2 Å². The average molecular weight is 491 g/mol. The highest BCUT2D eigenvalue weighted by Gasteiger charge is 2.38. The molecule has 0 saturated carbocycles. The molecule has 0 spiro atoms. The van der Waals surface area contributed by atoms with E-state index in [1.165, 1.54) is 12.3 Å². The molecule has 8 nitrogen and oxygen atoms in total. The fourth-order valence-electron chi connectivity index (χ4n) is 4.67. The minimum absolute atomic E-state index is 0.00705. The van der Waals surface area contributed by atoms with Crippen molar-refractivity contribution in [2.24, 2.45) is 4.99 Å². The summed E-state index contributed by atoms with van der Waals surface area (Å²) in [7, 11) is -3.78. The topological polar surface area (TPSA) is 102 Å². The monoisotopic (exact) mass is 490 g/mol. The molecule has 0 N–H and O–H groups in total. The zero-order valence-electron chi connectivity index (χ0n) is 19.4. The largest absolute Gasteiger partial charge is 0.464 e. The number of carbonyl (C=O) groups is 1. The first-order chi connectivity index (χ1) is 16.9. The third-order valence-electron chi connectivity index (χ3n) is 6.55. The number of aliphatic imine (C=N–C) groups is 1. The quantitative estimate of drug-likeness (QED) is 0.499. The molecule has 1 aliphatic heterocycles. The molecule has 3 aromatic rings. The number of fused-ring (bicyclic) bond motifs is 1. The Balaban J connectivity index is 1.63. The van der Waals surface area contributed by atoms with Gasteiger partial charge in [-0.15, -0.1) is 0 Å². The molecule has 9 heteroatoms. The van der Waals surface area contributed by atoms with Crippen LogP contribution in [0.25, 0.3) is 0 Å². The Bertz CT molecular complexity index is 1380. The van der Waals surface area contributed by atoms with Gasteiger partial charge in [0.05, 0.1) is 18.6 Å². The van der Waals surface area contributed by atoms with E-state index in [2.05, 4.69) is 15.0 Å². The molecule has 0 radical (unpaired) electrons. The van der Waals surface area contributed by atoms with Crippen LogP contribution in [-0.4, -0.2) is 48.5 Å². The Hall–Kier alpha value is -3.59. The van der Waals surface area contributed by atoms with Crippen molar-refractivity contribution >= 4 is 22.0 Å². The number of ketones is 1. The van der Waals surface area contributed by atoms with Gasteiger partial charge < -0.3 is 9.64 Å². The number of sulfone groups is 1. The number of Topliss-reactive ketones (excluding diaryl/α,β-unsaturated/α-hetero) is 1. The van der Waals surface area contributed by atoms with Gasteiger partial charge in [-0.2, -0.15) is 0 Å². The predicted octanol–water partition coefficient (Wildman–Crippen LogP) is 3.57. The molecule has 0 fully saturated rings. The van der Waals surface area contributed by atoms with E-state index < -0.39 is 15.6 Å². The van der Waals surface area contributed by atoms with Crippen LogP contribution in [0.3, 0.4) is 0 Å². The van der Waals surface area contributed by atoms with Crippen LogP contribution < -0.4 is 4.74 Å². The zero-order valence-corrected chi connectivity index (χ0v) is 20.2. The molecule has 0 bridgehead atoms. The van der Waals surface area contributed by atoms with Crippen LogP contribution in [0.15, 0.2) is 71.1 Å². The van der Waals surface area contributed by atoms with Gasteiger partial charge in [-0.25, -0.2) is 13.4 Å². The lowest BCUT2D eigenvalue weighted by atomic mass is 9.87. The number of aromatic nitrogens is 2. The molecule has 1 atom stereocenters. The van der Waals surface area contributed by atoms with E-state index in [9.17, 15) is 13.2 Å². The second-order valence-electron chi connectivity index (χ2n) is 8.81. The summed E-state index contributed by atoms with van der Waals surface area (Å²) >= 11 is 0. The minimum atomic E-state index is -3.78. The number of carbonyl (C=O) groups excluding carboxylic acids is 1. The average Bonchev–Trinajstić information content (AvgIpc) is 3.43. The Morgan fingerprint density at radius 3 is 2.69 bits per heavy atom. The minimum Gasteiger partial charge on any atom is -0.464 e. The molecule has 0 saturated heterocycles. The van der Waals surface area contributed by atoms with E-state index in [1.807, 2.05) is 24.0 Å². The second-order valence-corrected chi connectivity index (χ2v) is 10.8. The summed E-state index contributed by atoms with van der Waals surface area (Å²) in [5, 5.41) is -0.00705. The van der Waals surface area contributed by atoms with Crippen LogP contribution in [0, 0.1) is 0 Å². The fraction of sp³-hybridized carbons (Fsp3) is 0.308. The molecule has 1 aromatic carbocycles. The van der Waals surface area contributed by atoms with Gasteiger partial charge in [0.15, 0.2) is 20.6 Å². The number of nitrogens with zero attached hydrogens (tertiary/aromatic N) is 4. The molecule has 35 heavy (non-hydrogen) atoms. The van der Waals surface area contributed by atoms with Gasteiger partial charge in [0.2, 0.25) is 5.72 Å². The van der Waals surface area contributed by atoms with Gasteiger partial charge in [-0.05, 0) is 61.7 Å². The Kier molecular flexibility index (Phi) is 6.10. The van der Waals surface area contributed by atoms with E-state index in [1.54, 1.807) is 43.0 Å². The molecule has 0 amide bonds. The van der Waals surface area contributed by atoms with Gasteiger partial charge in [-0.1, -0.05) is 6.07 Å². The lowest BCUT2D eigenvalue weighted by Gasteiger charge is -2.39. The third-order valence-corrected chi connectivity index (χ3v) is 8.10. The number of ether oxygens (including phenoxy) is 1. The first-order valence-electron chi connectivity index (χ1n) is 11.6. The van der Waals surface area contributed by atoms with Crippen LogP contribution in [0.1, 0.15) is 46.8 Å². The van der Waals surface area contributed by atoms with Crippen LogP contribution in [-0.2, 0) is 27.7 Å². The normalized spacial score (nSPS) is 17.2. The van der Waals surface area contributed by atoms with Crippen molar-refractivity contribution in [3.05, 3.63) is 83.3 Å². The third kappa shape index (κ3) is 4.43. The standard InChI is InChI=1S/C26H26N4O4S/c1-26(30-15-14-28-18-30,19-6-5-12-27-16-19)34-24-11-10-21-20(7-4-8-23(21)31)22(24)17-35(32,33)25-9-2-3-13-29-25/h2-3,5-6,9-13,16,18H,4,7-8,14-15,17H2,1H3/t26-/m0/s1. The molecule has 180 valence electrons. The Labute approximate surface area is 204 Å². The highest BCUT2D eigenvalue weighted by molar-refractivity contribution is 7.90. The maximum absolute atomic E-state index is 13.4. The van der Waals surface area contributed by atoms with Crippen molar-refractivity contribution in [3.8, 4) is 5.75 Å². The highest BCUT2D eigenvalue weighted by Crippen LogP contribution is 2.38. The van der Waals surface area contributed by atoms with Crippen molar-refractivity contribution in [1.29, 1.82) is 0 Å². The van der Waals surface area contributed by atoms with Gasteiger partial charge in [-0.3, -0.25) is 14.8 Å². The first-order valence-corrected chi connectivity index (χ1v) is 13.2. The molecule has 0 unspecified atom stereocenters. The number of hydrogen-bond donors (Lipinski definition) is 0. The van der Waals surface area contributed by atoms with Crippen LogP contribution in [0.5, 0.6) is 5.75 Å². The molecule has 2 aliphatic rings. The smallest absolute Gasteiger partial charge is 0.208 e. The molecule has 5 rings (SSSR count). The lowest BCUT2D eigenvalue weighted by molar-refractivity contribution is -0.0261. The van der Waals surface area contributed by atoms with Gasteiger partial charge >= 0.3 is 0 Å². The fourth-order valence-corrected chi connectivity index (χ4v) is 6.02. The summed E-state index contributed by atoms with van der Waals surface area (Å²) in [6.07, 6.45) is 8.37. The van der Waals surface area contributed by atoms with E-state index in [0.29, 0.717) is 49.2 Å². The zero-order chi connectivity index (χ0) is 24.5. The molecule has 3 heterocycles. The van der Waals surface area contributed by atoms with Gasteiger partial charge in [0.25, 0.3) is 0 Å². The van der Waals surface area contributed by atoms with E-state index in [4.69, 9.17) is 4.74 Å². The lowest BCUT2D eigenvalue weighted by Crippen LogP contribution is -2.47. The summed E-state index contributed by atoms with van der Waals surface area (Å²) in [6.45, 7) is 3.21. The number of rotatable bonds is 7. The van der Waals surface area contributed by atoms with Crippen molar-refractivity contribution in [2.45, 2.75) is 42.7 Å². The van der Waals surface area contributed by atoms with Crippen LogP contribution >= 0.6 is 0 Å². The maximum Gasteiger partial charge on any atom is 0.208 e. The SMILES string of the molecule is C[C@](Oc1ccc2c(c1CS(=O)(=O)c1ccccn1)CCCC2=O)(c1cccnc1)N1C=NCC1. The summed E-state index contributed by atoms with van der Waals surface area (Å²) in [5.41, 5.74) is 1.64. The van der Waals surface area contributed by atoms with E-state index >= 15 is 0 Å². The number of benzene rings is 1. The summed E-state index contributed by atoms with van der Waals surface area (Å²) < 4.78 is 33.4. The van der Waals surface area contributed by atoms with Crippen molar-refractivity contribution < 1.29 is 17.9 Å². The first kappa shape index (κ1) is 23.2. The van der Waals surface area contributed by atoms with E-state index in [-0.39, 0.29) is 16.6 Å². The molecular weight excluding hydrogens is 464 g/mol. The number of pyridine rings is 2. The van der Waals surface area contributed by atoms with Crippen molar-refractivity contribution in [2.75, 3.05) is 13.1 Å². The highest BCUT2D eigenvalue weighted by atomic mass is 32.2. The van der Waals surface area contributed by atoms with Crippen LogP contribution in [0.2, 0.25) is 0 Å². The molecular formula is C26H26N4O4S. The summed E-state index contributed by atoms with van der Waals surface area (Å²) in [5.74, 6) is 0.133. The van der Waals surface area contributed by atoms with Crippen molar-refractivity contribution in [1.82, 2.24) is 14.9 Å². The van der Waals surface area contributed by atoms with Gasteiger partial charge in [0.1, 0.15) is 5.75 Å². The summed E-state index contributed by atoms with van der Waals surface area (Å²) in [4.78, 5) is 27.3. The number of hydrogen-bond acceptors (Lipinski definition) is 8. The predicted molar refractivity (Wildman–Crippen MR) is 131 cm³/mol. The van der Waals surface area contributed by atoms with E-state index in [0.717, 1.165) is 11.1 Å². The Morgan fingerprint density at radius 2 is 1.97 bits per heavy atom. The summed E-state index contributed by atoms with van der Waals surface area (Å²) in [6, 6.07) is 12.0. The molecule has 2 aromatic heterocycles.